The maximum absolute atomic E-state index is 10.6. The van der Waals surface area contributed by atoms with E-state index < -0.39 is 0 Å². The zero-order chi connectivity index (χ0) is 20.2. The summed E-state index contributed by atoms with van der Waals surface area (Å²) in [5.41, 5.74) is 1.35. The van der Waals surface area contributed by atoms with Gasteiger partial charge >= 0.3 is 0 Å². The number of benzene rings is 1. The van der Waals surface area contributed by atoms with Crippen LogP contribution in [0.4, 0.5) is 0 Å². The summed E-state index contributed by atoms with van der Waals surface area (Å²) < 4.78 is 11.3. The SMILES string of the molecule is CCCC/C=C\C[C@@H]1[C@@H](CC[C@H](CCc2ccccc2)OP)[C@H](OP)C[C@@H]1O. The van der Waals surface area contributed by atoms with Gasteiger partial charge in [0.25, 0.3) is 0 Å². The molecule has 0 amide bonds. The summed E-state index contributed by atoms with van der Waals surface area (Å²) in [6, 6.07) is 10.6. The molecule has 1 aliphatic rings. The van der Waals surface area contributed by atoms with Crippen LogP contribution < -0.4 is 0 Å². The first-order valence-electron chi connectivity index (χ1n) is 10.8. The van der Waals surface area contributed by atoms with E-state index in [0.717, 1.165) is 44.9 Å². The van der Waals surface area contributed by atoms with Crippen LogP contribution in [0.15, 0.2) is 42.5 Å². The first kappa shape index (κ1) is 24.0. The van der Waals surface area contributed by atoms with Gasteiger partial charge in [-0.15, -0.1) is 0 Å². The number of hydrogen-bond acceptors (Lipinski definition) is 3. The van der Waals surface area contributed by atoms with Crippen molar-refractivity contribution >= 4 is 18.9 Å². The van der Waals surface area contributed by atoms with Crippen LogP contribution in [-0.2, 0) is 15.5 Å². The zero-order valence-electron chi connectivity index (χ0n) is 17.2. The maximum Gasteiger partial charge on any atom is 0.0667 e. The van der Waals surface area contributed by atoms with Gasteiger partial charge in [0.1, 0.15) is 0 Å². The standard InChI is InChI=1S/C23H38O3P2/c1-2-3-4-5-9-12-20-21(23(26-28)17-22(20)24)16-15-19(25-27)14-13-18-10-7-6-8-11-18/h5-11,19-24H,2-4,12-17,27-28H2,1H3/b9-5-/t19-,20+,21+,22-,23+/m0/s1. The predicted octanol–water partition coefficient (Wildman–Crippen LogP) is 5.88. The highest BCUT2D eigenvalue weighted by Gasteiger charge is 2.41. The van der Waals surface area contributed by atoms with Crippen LogP contribution in [0.25, 0.3) is 0 Å². The Labute approximate surface area is 176 Å². The van der Waals surface area contributed by atoms with Gasteiger partial charge in [-0.3, -0.25) is 0 Å². The molecule has 28 heavy (non-hydrogen) atoms. The number of rotatable bonds is 13. The molecule has 1 fully saturated rings. The molecule has 0 radical (unpaired) electrons. The molecule has 158 valence electrons. The van der Waals surface area contributed by atoms with E-state index in [-0.39, 0.29) is 24.2 Å². The van der Waals surface area contributed by atoms with Crippen LogP contribution in [0.1, 0.15) is 63.9 Å². The fourth-order valence-corrected chi connectivity index (χ4v) is 4.95. The van der Waals surface area contributed by atoms with Gasteiger partial charge in [-0.05, 0) is 55.9 Å². The molecular weight excluding hydrogens is 386 g/mol. The van der Waals surface area contributed by atoms with E-state index in [2.05, 4.69) is 68.3 Å². The molecule has 5 heteroatoms. The molecule has 3 nitrogen and oxygen atoms in total. The first-order valence-corrected chi connectivity index (χ1v) is 11.7. The fraction of sp³-hybridized carbons (Fsp3) is 0.652. The second-order valence-electron chi connectivity index (χ2n) is 8.01. The molecular formula is C23H38O3P2. The minimum atomic E-state index is -0.272. The normalized spacial score (nSPS) is 26.1. The Morgan fingerprint density at radius 2 is 1.93 bits per heavy atom. The molecule has 1 aliphatic carbocycles. The molecule has 0 bridgehead atoms. The van der Waals surface area contributed by atoms with Crippen LogP contribution in [-0.4, -0.2) is 23.4 Å². The lowest BCUT2D eigenvalue weighted by Crippen LogP contribution is -2.24. The van der Waals surface area contributed by atoms with Crippen molar-refractivity contribution in [1.82, 2.24) is 0 Å². The summed E-state index contributed by atoms with van der Waals surface area (Å²) in [6.07, 6.45) is 13.9. The Morgan fingerprint density at radius 3 is 2.61 bits per heavy atom. The first-order chi connectivity index (χ1) is 13.7. The lowest BCUT2D eigenvalue weighted by Gasteiger charge is -2.26. The van der Waals surface area contributed by atoms with Crippen LogP contribution in [0.2, 0.25) is 0 Å². The number of aliphatic hydroxyl groups is 1. The van der Waals surface area contributed by atoms with Crippen LogP contribution >= 0.6 is 18.9 Å². The van der Waals surface area contributed by atoms with Crippen molar-refractivity contribution in [2.75, 3.05) is 0 Å². The summed E-state index contributed by atoms with van der Waals surface area (Å²) in [4.78, 5) is 0. The van der Waals surface area contributed by atoms with E-state index in [4.69, 9.17) is 9.05 Å². The van der Waals surface area contributed by atoms with Gasteiger partial charge in [0, 0.05) is 25.4 Å². The average molecular weight is 425 g/mol. The molecule has 0 heterocycles. The van der Waals surface area contributed by atoms with Crippen molar-refractivity contribution in [2.45, 2.75) is 83.0 Å². The second kappa shape index (κ2) is 13.8. The zero-order valence-corrected chi connectivity index (χ0v) is 19.5. The summed E-state index contributed by atoms with van der Waals surface area (Å²) >= 11 is 0. The highest BCUT2D eigenvalue weighted by molar-refractivity contribution is 7.10. The molecule has 2 unspecified atom stereocenters. The third-order valence-electron chi connectivity index (χ3n) is 6.08. The number of aliphatic hydroxyl groups excluding tert-OH is 1. The fourth-order valence-electron chi connectivity index (χ4n) is 4.36. The molecule has 1 aromatic rings. The van der Waals surface area contributed by atoms with Gasteiger partial charge in [-0.25, -0.2) is 0 Å². The molecule has 2 rings (SSSR count). The molecule has 1 N–H and O–H groups in total. The second-order valence-corrected chi connectivity index (χ2v) is 8.56. The Bertz CT molecular complexity index is 552. The summed E-state index contributed by atoms with van der Waals surface area (Å²) in [5, 5.41) is 10.6. The van der Waals surface area contributed by atoms with E-state index in [1.807, 2.05) is 0 Å². The molecule has 0 saturated heterocycles. The van der Waals surface area contributed by atoms with E-state index in [0.29, 0.717) is 5.92 Å². The van der Waals surface area contributed by atoms with E-state index in [1.165, 1.54) is 18.4 Å². The van der Waals surface area contributed by atoms with Gasteiger partial charge in [0.15, 0.2) is 0 Å². The smallest absolute Gasteiger partial charge is 0.0667 e. The van der Waals surface area contributed by atoms with E-state index in [1.54, 1.807) is 0 Å². The topological polar surface area (TPSA) is 38.7 Å². The van der Waals surface area contributed by atoms with E-state index >= 15 is 0 Å². The Morgan fingerprint density at radius 1 is 1.14 bits per heavy atom. The van der Waals surface area contributed by atoms with Crippen molar-refractivity contribution in [3.63, 3.8) is 0 Å². The maximum atomic E-state index is 10.6. The third kappa shape index (κ3) is 7.85. The lowest BCUT2D eigenvalue weighted by molar-refractivity contribution is 0.108. The number of aryl methyl sites for hydroxylation is 1. The largest absolute Gasteiger partial charge is 0.393 e. The molecule has 0 aliphatic heterocycles. The summed E-state index contributed by atoms with van der Waals surface area (Å²) in [5.74, 6) is 0.658. The van der Waals surface area contributed by atoms with Gasteiger partial charge in [0.05, 0.1) is 18.3 Å². The van der Waals surface area contributed by atoms with E-state index in [9.17, 15) is 5.11 Å². The van der Waals surface area contributed by atoms with Gasteiger partial charge in [0.2, 0.25) is 0 Å². The van der Waals surface area contributed by atoms with Crippen molar-refractivity contribution in [3.8, 4) is 0 Å². The summed E-state index contributed by atoms with van der Waals surface area (Å²) in [7, 11) is 4.85. The van der Waals surface area contributed by atoms with Crippen molar-refractivity contribution in [2.24, 2.45) is 11.8 Å². The number of allylic oxidation sites excluding steroid dienone is 2. The van der Waals surface area contributed by atoms with Crippen LogP contribution in [0, 0.1) is 11.8 Å². The Kier molecular flexibility index (Phi) is 11.8. The number of hydrogen-bond donors (Lipinski definition) is 1. The van der Waals surface area contributed by atoms with Crippen LogP contribution in [0.3, 0.4) is 0 Å². The third-order valence-corrected chi connectivity index (χ3v) is 6.82. The quantitative estimate of drug-likeness (QED) is 0.244. The molecule has 0 aromatic heterocycles. The average Bonchev–Trinajstić information content (AvgIpc) is 3.03. The minimum Gasteiger partial charge on any atom is -0.393 e. The summed E-state index contributed by atoms with van der Waals surface area (Å²) in [6.45, 7) is 2.22. The van der Waals surface area contributed by atoms with Gasteiger partial charge in [-0.1, -0.05) is 62.2 Å². The molecule has 1 saturated carbocycles. The predicted molar refractivity (Wildman–Crippen MR) is 124 cm³/mol. The Hall–Kier alpha value is -0.300. The van der Waals surface area contributed by atoms with Gasteiger partial charge < -0.3 is 14.2 Å². The van der Waals surface area contributed by atoms with Crippen molar-refractivity contribution in [3.05, 3.63) is 48.0 Å². The number of unbranched alkanes of at least 4 members (excludes halogenated alkanes) is 2. The monoisotopic (exact) mass is 424 g/mol. The Balaban J connectivity index is 1.86. The van der Waals surface area contributed by atoms with Crippen molar-refractivity contribution in [1.29, 1.82) is 0 Å². The minimum absolute atomic E-state index is 0.119. The van der Waals surface area contributed by atoms with Gasteiger partial charge in [-0.2, -0.15) is 0 Å². The molecule has 0 spiro atoms. The van der Waals surface area contributed by atoms with Crippen LogP contribution in [0.5, 0.6) is 0 Å². The lowest BCUT2D eigenvalue weighted by atomic mass is 9.85. The van der Waals surface area contributed by atoms with Crippen molar-refractivity contribution < 1.29 is 14.2 Å². The highest BCUT2D eigenvalue weighted by atomic mass is 31.0. The molecule has 7 atom stereocenters. The highest BCUT2D eigenvalue weighted by Crippen LogP contribution is 2.41. The molecule has 1 aromatic carbocycles.